The van der Waals surface area contributed by atoms with Gasteiger partial charge in [-0.2, -0.15) is 0 Å². The minimum Gasteiger partial charge on any atom is -0.490 e. The lowest BCUT2D eigenvalue weighted by Crippen LogP contribution is -2.43. The smallest absolute Gasteiger partial charge is 0.222 e. The van der Waals surface area contributed by atoms with Gasteiger partial charge in [-0.1, -0.05) is 48.5 Å². The molecule has 1 aromatic heterocycles. The number of hydrogen-bond donors (Lipinski definition) is 2. The van der Waals surface area contributed by atoms with Crippen LogP contribution in [0.5, 0.6) is 5.75 Å². The molecule has 0 spiro atoms. The fourth-order valence-corrected chi connectivity index (χ4v) is 3.51. The van der Waals surface area contributed by atoms with Crippen molar-refractivity contribution < 1.29 is 9.53 Å². The topological polar surface area (TPSA) is 78.8 Å². The van der Waals surface area contributed by atoms with Crippen LogP contribution in [0.1, 0.15) is 19.4 Å². The maximum Gasteiger partial charge on any atom is 0.222 e. The van der Waals surface area contributed by atoms with Crippen LogP contribution < -0.4 is 20.4 Å². The monoisotopic (exact) mass is 415 g/mol. The summed E-state index contributed by atoms with van der Waals surface area (Å²) in [6.45, 7) is 4.02. The average molecular weight is 415 g/mol. The molecule has 0 radical (unpaired) electrons. The summed E-state index contributed by atoms with van der Waals surface area (Å²) in [4.78, 5) is 15.5. The zero-order valence-corrected chi connectivity index (χ0v) is 17.5. The molecule has 7 heteroatoms. The molecule has 0 fully saturated rings. The highest BCUT2D eigenvalue weighted by Gasteiger charge is 2.28. The molecule has 0 aliphatic carbocycles. The average Bonchev–Trinajstić information content (AvgIpc) is 3.17. The van der Waals surface area contributed by atoms with Crippen molar-refractivity contribution in [3.63, 3.8) is 0 Å². The molecule has 31 heavy (non-hydrogen) atoms. The van der Waals surface area contributed by atoms with Crippen molar-refractivity contribution in [3.8, 4) is 16.9 Å². The number of carbonyl (C=O) groups excluding carboxylic acids is 1. The van der Waals surface area contributed by atoms with E-state index in [0.29, 0.717) is 24.6 Å². The van der Waals surface area contributed by atoms with Gasteiger partial charge in [0.25, 0.3) is 0 Å². The van der Waals surface area contributed by atoms with Crippen LogP contribution >= 0.6 is 0 Å². The molecule has 0 saturated carbocycles. The van der Waals surface area contributed by atoms with E-state index in [1.54, 1.807) is 11.2 Å². The lowest BCUT2D eigenvalue weighted by atomic mass is 10.1. The highest BCUT2D eigenvalue weighted by Crippen LogP contribution is 2.32. The van der Waals surface area contributed by atoms with E-state index >= 15 is 0 Å². The molecule has 3 aromatic rings. The van der Waals surface area contributed by atoms with E-state index in [1.165, 1.54) is 0 Å². The summed E-state index contributed by atoms with van der Waals surface area (Å²) in [5.74, 6) is 1.89. The molecule has 2 N–H and O–H groups in total. The Morgan fingerprint density at radius 1 is 1.13 bits per heavy atom. The number of pyridine rings is 1. The third-order valence-electron chi connectivity index (χ3n) is 4.81. The Morgan fingerprint density at radius 2 is 1.90 bits per heavy atom. The number of nitrogens with zero attached hydrogens (tertiary/aromatic N) is 3. The first-order valence-electron chi connectivity index (χ1n) is 10.2. The number of nitrogens with one attached hydrogen (secondary N) is 2. The summed E-state index contributed by atoms with van der Waals surface area (Å²) < 4.78 is 5.99. The Balaban J connectivity index is 1.67. The van der Waals surface area contributed by atoms with Crippen molar-refractivity contribution in [2.75, 3.05) is 5.01 Å². The van der Waals surface area contributed by atoms with Crippen molar-refractivity contribution in [1.29, 1.82) is 0 Å². The summed E-state index contributed by atoms with van der Waals surface area (Å²) in [6, 6.07) is 22.0. The second-order valence-electron chi connectivity index (χ2n) is 7.47. The molecule has 1 unspecified atom stereocenters. The number of rotatable bonds is 7. The Morgan fingerprint density at radius 3 is 2.68 bits per heavy atom. The Labute approximate surface area is 181 Å². The molecule has 7 nitrogen and oxygen atoms in total. The van der Waals surface area contributed by atoms with Crippen LogP contribution in [-0.2, 0) is 11.2 Å². The minimum absolute atomic E-state index is 0.0714. The number of carbonyl (C=O) groups is 1. The van der Waals surface area contributed by atoms with Crippen LogP contribution in [0.2, 0.25) is 0 Å². The van der Waals surface area contributed by atoms with Crippen molar-refractivity contribution in [1.82, 2.24) is 15.6 Å². The molecule has 4 rings (SSSR count). The van der Waals surface area contributed by atoms with Crippen LogP contribution in [0.25, 0.3) is 11.1 Å². The van der Waals surface area contributed by atoms with E-state index in [0.717, 1.165) is 22.4 Å². The van der Waals surface area contributed by atoms with Gasteiger partial charge in [-0.15, -0.1) is 5.10 Å². The van der Waals surface area contributed by atoms with Crippen LogP contribution in [0.3, 0.4) is 0 Å². The number of anilines is 1. The second kappa shape index (κ2) is 9.30. The molecule has 158 valence electrons. The van der Waals surface area contributed by atoms with Gasteiger partial charge in [-0.25, -0.2) is 9.99 Å². The van der Waals surface area contributed by atoms with Gasteiger partial charge in [0.15, 0.2) is 5.82 Å². The highest BCUT2D eigenvalue weighted by molar-refractivity contribution is 5.91. The van der Waals surface area contributed by atoms with Crippen molar-refractivity contribution in [2.24, 2.45) is 5.10 Å². The lowest BCUT2D eigenvalue weighted by Gasteiger charge is -2.23. The predicted octanol–water partition coefficient (Wildman–Crippen LogP) is 3.53. The number of ether oxygens (including phenoxy) is 1. The lowest BCUT2D eigenvalue weighted by molar-refractivity contribution is -0.108. The number of amides is 1. The molecule has 1 amide bonds. The van der Waals surface area contributed by atoms with Crippen molar-refractivity contribution in [3.05, 3.63) is 78.5 Å². The maximum atomic E-state index is 11.0. The second-order valence-corrected chi connectivity index (χ2v) is 7.47. The van der Waals surface area contributed by atoms with E-state index in [9.17, 15) is 4.79 Å². The third kappa shape index (κ3) is 4.83. The van der Waals surface area contributed by atoms with Gasteiger partial charge >= 0.3 is 0 Å². The van der Waals surface area contributed by atoms with E-state index in [-0.39, 0.29) is 12.3 Å². The third-order valence-corrected chi connectivity index (χ3v) is 4.81. The van der Waals surface area contributed by atoms with Gasteiger partial charge in [0.2, 0.25) is 12.4 Å². The van der Waals surface area contributed by atoms with Gasteiger partial charge in [0.1, 0.15) is 11.9 Å². The maximum absolute atomic E-state index is 11.0. The first kappa shape index (κ1) is 20.4. The van der Waals surface area contributed by atoms with Crippen molar-refractivity contribution in [2.45, 2.75) is 32.5 Å². The van der Waals surface area contributed by atoms with Gasteiger partial charge in [-0.3, -0.25) is 10.1 Å². The molecule has 0 saturated heterocycles. The fourth-order valence-electron chi connectivity index (χ4n) is 3.51. The Hall–Kier alpha value is -3.87. The van der Waals surface area contributed by atoms with Gasteiger partial charge in [0.05, 0.1) is 6.10 Å². The summed E-state index contributed by atoms with van der Waals surface area (Å²) in [7, 11) is 0. The van der Waals surface area contributed by atoms with E-state index in [2.05, 4.69) is 32.9 Å². The summed E-state index contributed by atoms with van der Waals surface area (Å²) >= 11 is 0. The van der Waals surface area contributed by atoms with Gasteiger partial charge < -0.3 is 10.1 Å². The van der Waals surface area contributed by atoms with E-state index in [4.69, 9.17) is 4.74 Å². The summed E-state index contributed by atoms with van der Waals surface area (Å²) in [5, 5.41) is 12.2. The minimum atomic E-state index is -0.185. The Kier molecular flexibility index (Phi) is 6.12. The summed E-state index contributed by atoms with van der Waals surface area (Å²) in [5.41, 5.74) is 3.12. The number of para-hydroxylation sites is 1. The van der Waals surface area contributed by atoms with Gasteiger partial charge in [-0.05, 0) is 43.2 Å². The number of benzene rings is 2. The van der Waals surface area contributed by atoms with Crippen LogP contribution in [0.4, 0.5) is 5.82 Å². The first-order chi connectivity index (χ1) is 15.1. The van der Waals surface area contributed by atoms with E-state index < -0.39 is 0 Å². The zero-order valence-electron chi connectivity index (χ0n) is 17.5. The fraction of sp³-hybridized carbons (Fsp3) is 0.208. The summed E-state index contributed by atoms with van der Waals surface area (Å²) in [6.07, 6.45) is 2.94. The van der Waals surface area contributed by atoms with Crippen molar-refractivity contribution >= 4 is 18.2 Å². The number of hydrogen-bond acceptors (Lipinski definition) is 6. The largest absolute Gasteiger partial charge is 0.490 e. The number of hydrazone groups is 1. The molecule has 1 aliphatic heterocycles. The number of aromatic nitrogens is 1. The zero-order chi connectivity index (χ0) is 21.6. The van der Waals surface area contributed by atoms with Crippen LogP contribution in [0, 0.1) is 0 Å². The van der Waals surface area contributed by atoms with Crippen LogP contribution in [0.15, 0.2) is 78.0 Å². The molecule has 1 aliphatic rings. The molecule has 2 aromatic carbocycles. The molecule has 1 atom stereocenters. The Bertz CT molecular complexity index is 1070. The number of guanidine groups is 1. The van der Waals surface area contributed by atoms with Gasteiger partial charge in [0, 0.05) is 18.2 Å². The standard InChI is InChI=1S/C24H25N5O2/c1-17(2)31-21-11-7-6-10-20(21)19-12-13-25-22(15-19)29-23(27-24(28-29)26-16-30)14-18-8-4-3-5-9-18/h3-13,15-17,23H,14H2,1-2H3,(H2,26,27,28,30). The first-order valence-corrected chi connectivity index (χ1v) is 10.2. The highest BCUT2D eigenvalue weighted by atomic mass is 16.5. The SMILES string of the molecule is CC(C)Oc1ccccc1-c1ccnc(N2N=C(NC=O)NC2Cc2ccccc2)c1. The molecule has 2 heterocycles. The van der Waals surface area contributed by atoms with E-state index in [1.807, 2.05) is 68.4 Å². The van der Waals surface area contributed by atoms with Crippen LogP contribution in [-0.4, -0.2) is 29.6 Å². The molecular weight excluding hydrogens is 390 g/mol. The molecular formula is C24H25N5O2. The molecule has 0 bridgehead atoms. The normalized spacial score (nSPS) is 15.4. The predicted molar refractivity (Wildman–Crippen MR) is 122 cm³/mol. The quantitative estimate of drug-likeness (QED) is 0.577.